The van der Waals surface area contributed by atoms with Gasteiger partial charge in [0, 0.05) is 10.4 Å². The Balaban J connectivity index is 1.96. The third-order valence-electron chi connectivity index (χ3n) is 3.55. The average Bonchev–Trinajstić information content (AvgIpc) is 2.99. The first-order chi connectivity index (χ1) is 12.3. The second-order valence-corrected chi connectivity index (χ2v) is 6.03. The highest BCUT2D eigenvalue weighted by molar-refractivity contribution is 6.30. The molecule has 0 amide bonds. The van der Waals surface area contributed by atoms with Crippen LogP contribution in [0.3, 0.4) is 0 Å². The number of nitrogens with zero attached hydrogens (tertiary/aromatic N) is 4. The van der Waals surface area contributed by atoms with Gasteiger partial charge in [-0.15, -0.1) is 18.3 Å². The van der Waals surface area contributed by atoms with Gasteiger partial charge in [-0.1, -0.05) is 23.7 Å². The van der Waals surface area contributed by atoms with Gasteiger partial charge in [0.2, 0.25) is 5.28 Å². The van der Waals surface area contributed by atoms with Crippen LogP contribution in [0.15, 0.2) is 42.5 Å². The van der Waals surface area contributed by atoms with E-state index in [0.717, 1.165) is 6.07 Å². The van der Waals surface area contributed by atoms with Crippen LogP contribution < -0.4 is 4.74 Å². The number of alkyl halides is 3. The number of para-hydroxylation sites is 1. The lowest BCUT2D eigenvalue weighted by Gasteiger charge is -2.11. The Kier molecular flexibility index (Phi) is 3.89. The van der Waals surface area contributed by atoms with Gasteiger partial charge in [-0.2, -0.15) is 4.52 Å². The Bertz CT molecular complexity index is 1140. The minimum Gasteiger partial charge on any atom is -0.405 e. The van der Waals surface area contributed by atoms with Crippen LogP contribution in [0.25, 0.3) is 27.9 Å². The molecule has 0 saturated heterocycles. The van der Waals surface area contributed by atoms with E-state index >= 15 is 0 Å². The molecule has 0 atom stereocenters. The summed E-state index contributed by atoms with van der Waals surface area (Å²) >= 11 is 11.9. The van der Waals surface area contributed by atoms with Crippen molar-refractivity contribution in [3.8, 4) is 17.1 Å². The zero-order valence-electron chi connectivity index (χ0n) is 12.6. The zero-order chi connectivity index (χ0) is 18.5. The molecule has 4 rings (SSSR count). The Morgan fingerprint density at radius 3 is 2.54 bits per heavy atom. The molecular formula is C16H7Cl2F3N4O. The van der Waals surface area contributed by atoms with Crippen molar-refractivity contribution >= 4 is 39.8 Å². The number of fused-ring (bicyclic) bond motifs is 3. The molecule has 0 unspecified atom stereocenters. The van der Waals surface area contributed by atoms with E-state index in [2.05, 4.69) is 19.8 Å². The summed E-state index contributed by atoms with van der Waals surface area (Å²) in [5.41, 5.74) is 0.978. The standard InChI is InChI=1S/C16H7Cl2F3N4O/c17-8-5-6-10(12(7-8)26-16(19,20)21)13-23-14-9-3-1-2-4-11(9)22-15(18)25(14)24-13/h1-7H. The van der Waals surface area contributed by atoms with Crippen LogP contribution in [0, 0.1) is 0 Å². The maximum Gasteiger partial charge on any atom is 0.573 e. The van der Waals surface area contributed by atoms with Crippen LogP contribution in [0.4, 0.5) is 13.2 Å². The van der Waals surface area contributed by atoms with Crippen LogP contribution in [0.1, 0.15) is 0 Å². The Labute approximate surface area is 153 Å². The summed E-state index contributed by atoms with van der Waals surface area (Å²) in [6.45, 7) is 0. The van der Waals surface area contributed by atoms with E-state index in [1.807, 2.05) is 0 Å². The van der Waals surface area contributed by atoms with Gasteiger partial charge in [0.1, 0.15) is 5.75 Å². The van der Waals surface area contributed by atoms with E-state index in [1.165, 1.54) is 16.6 Å². The number of halogens is 5. The van der Waals surface area contributed by atoms with Crippen LogP contribution in [-0.4, -0.2) is 25.9 Å². The third-order valence-corrected chi connectivity index (χ3v) is 4.03. The lowest BCUT2D eigenvalue weighted by Crippen LogP contribution is -2.17. The van der Waals surface area contributed by atoms with E-state index in [0.29, 0.717) is 16.6 Å². The number of ether oxygens (including phenoxy) is 1. The molecule has 132 valence electrons. The molecule has 0 aliphatic heterocycles. The predicted octanol–water partition coefficient (Wildman–Crippen LogP) is 5.15. The van der Waals surface area contributed by atoms with E-state index in [9.17, 15) is 13.2 Å². The first-order valence-electron chi connectivity index (χ1n) is 7.18. The fourth-order valence-corrected chi connectivity index (χ4v) is 2.90. The van der Waals surface area contributed by atoms with Crippen molar-refractivity contribution in [1.82, 2.24) is 19.6 Å². The van der Waals surface area contributed by atoms with Crippen LogP contribution in [0.5, 0.6) is 5.75 Å². The molecule has 0 fully saturated rings. The molecule has 5 nitrogen and oxygen atoms in total. The van der Waals surface area contributed by atoms with Gasteiger partial charge in [-0.25, -0.2) is 9.97 Å². The molecule has 4 aromatic rings. The van der Waals surface area contributed by atoms with Gasteiger partial charge in [0.25, 0.3) is 0 Å². The molecule has 0 aliphatic carbocycles. The van der Waals surface area contributed by atoms with Crippen molar-refractivity contribution in [3.63, 3.8) is 0 Å². The van der Waals surface area contributed by atoms with Crippen LogP contribution in [0.2, 0.25) is 10.3 Å². The van der Waals surface area contributed by atoms with Crippen LogP contribution in [-0.2, 0) is 0 Å². The summed E-state index contributed by atoms with van der Waals surface area (Å²) in [5, 5.41) is 4.95. The second-order valence-electron chi connectivity index (χ2n) is 5.26. The van der Waals surface area contributed by atoms with Gasteiger partial charge >= 0.3 is 6.36 Å². The highest BCUT2D eigenvalue weighted by Gasteiger charge is 2.33. The second kappa shape index (κ2) is 6.00. The SMILES string of the molecule is FC(F)(F)Oc1cc(Cl)ccc1-c1nc2c3ccccc3nc(Cl)n2n1. The molecule has 0 aliphatic rings. The largest absolute Gasteiger partial charge is 0.573 e. The van der Waals surface area contributed by atoms with Crippen molar-refractivity contribution in [2.75, 3.05) is 0 Å². The average molecular weight is 399 g/mol. The highest BCUT2D eigenvalue weighted by atomic mass is 35.5. The molecule has 0 spiro atoms. The number of aromatic nitrogens is 4. The normalized spacial score (nSPS) is 12.0. The maximum absolute atomic E-state index is 12.7. The Hall–Kier alpha value is -2.58. The Morgan fingerprint density at radius 2 is 1.77 bits per heavy atom. The fraction of sp³-hybridized carbons (Fsp3) is 0.0625. The van der Waals surface area contributed by atoms with Gasteiger partial charge in [-0.3, -0.25) is 0 Å². The number of rotatable bonds is 2. The van der Waals surface area contributed by atoms with Crippen molar-refractivity contribution in [1.29, 1.82) is 0 Å². The maximum atomic E-state index is 12.7. The van der Waals surface area contributed by atoms with Crippen molar-refractivity contribution < 1.29 is 17.9 Å². The summed E-state index contributed by atoms with van der Waals surface area (Å²) in [5.74, 6) is -0.504. The zero-order valence-corrected chi connectivity index (χ0v) is 14.1. The molecule has 2 aromatic heterocycles. The van der Waals surface area contributed by atoms with E-state index in [4.69, 9.17) is 23.2 Å². The molecule has 2 aromatic carbocycles. The number of hydrogen-bond donors (Lipinski definition) is 0. The molecule has 0 bridgehead atoms. The molecule has 0 saturated carbocycles. The van der Waals surface area contributed by atoms with Gasteiger partial charge in [0.05, 0.1) is 11.1 Å². The third kappa shape index (κ3) is 3.02. The topological polar surface area (TPSA) is 52.3 Å². The number of benzene rings is 2. The molecule has 0 radical (unpaired) electrons. The molecular weight excluding hydrogens is 392 g/mol. The van der Waals surface area contributed by atoms with E-state index < -0.39 is 12.1 Å². The monoisotopic (exact) mass is 398 g/mol. The summed E-state index contributed by atoms with van der Waals surface area (Å²) in [4.78, 5) is 8.53. The van der Waals surface area contributed by atoms with Crippen molar-refractivity contribution in [3.05, 3.63) is 52.8 Å². The van der Waals surface area contributed by atoms with Crippen LogP contribution >= 0.6 is 23.2 Å². The first-order valence-corrected chi connectivity index (χ1v) is 7.94. The minimum absolute atomic E-state index is 0.000898. The molecule has 0 N–H and O–H groups in total. The smallest absolute Gasteiger partial charge is 0.405 e. The predicted molar refractivity (Wildman–Crippen MR) is 90.4 cm³/mol. The van der Waals surface area contributed by atoms with Gasteiger partial charge in [0.15, 0.2) is 11.5 Å². The summed E-state index contributed by atoms with van der Waals surface area (Å²) in [6, 6.07) is 10.9. The highest BCUT2D eigenvalue weighted by Crippen LogP contribution is 2.35. The molecule has 2 heterocycles. The van der Waals surface area contributed by atoms with Gasteiger partial charge < -0.3 is 4.74 Å². The van der Waals surface area contributed by atoms with E-state index in [-0.39, 0.29) is 21.7 Å². The molecule has 26 heavy (non-hydrogen) atoms. The first kappa shape index (κ1) is 16.9. The van der Waals surface area contributed by atoms with Crippen molar-refractivity contribution in [2.24, 2.45) is 0 Å². The quantitative estimate of drug-likeness (QED) is 0.438. The lowest BCUT2D eigenvalue weighted by atomic mass is 10.2. The summed E-state index contributed by atoms with van der Waals surface area (Å²) in [6.07, 6.45) is -4.88. The minimum atomic E-state index is -4.88. The van der Waals surface area contributed by atoms with E-state index in [1.54, 1.807) is 24.3 Å². The lowest BCUT2D eigenvalue weighted by molar-refractivity contribution is -0.274. The summed E-state index contributed by atoms with van der Waals surface area (Å²) < 4.78 is 43.4. The Morgan fingerprint density at radius 1 is 1.00 bits per heavy atom. The fourth-order valence-electron chi connectivity index (χ4n) is 2.53. The number of hydrogen-bond acceptors (Lipinski definition) is 4. The molecule has 10 heteroatoms. The van der Waals surface area contributed by atoms with Crippen molar-refractivity contribution in [2.45, 2.75) is 6.36 Å². The van der Waals surface area contributed by atoms with Gasteiger partial charge in [-0.05, 0) is 41.9 Å². The summed E-state index contributed by atoms with van der Waals surface area (Å²) in [7, 11) is 0.